The van der Waals surface area contributed by atoms with Crippen molar-refractivity contribution < 1.29 is 9.13 Å². The molecule has 19 heavy (non-hydrogen) atoms. The molecule has 0 bridgehead atoms. The van der Waals surface area contributed by atoms with Crippen LogP contribution in [-0.2, 0) is 0 Å². The first-order valence-corrected chi connectivity index (χ1v) is 7.92. The van der Waals surface area contributed by atoms with Gasteiger partial charge >= 0.3 is 0 Å². The topological polar surface area (TPSA) is 21.3 Å². The standard InChI is InChI=1S/C13H12Br2FNOS/c1-17-12(11-6-8(14)13(15)19-11)7-3-4-10(18-2)9(16)5-7/h3-6,12,17H,1-2H3. The van der Waals surface area contributed by atoms with Gasteiger partial charge < -0.3 is 10.1 Å². The summed E-state index contributed by atoms with van der Waals surface area (Å²) in [7, 11) is 3.31. The van der Waals surface area contributed by atoms with Crippen molar-refractivity contribution in [2.45, 2.75) is 6.04 Å². The zero-order chi connectivity index (χ0) is 14.0. The number of methoxy groups -OCH3 is 1. The second-order valence-electron chi connectivity index (χ2n) is 3.89. The second kappa shape index (κ2) is 6.35. The van der Waals surface area contributed by atoms with Crippen molar-refractivity contribution in [3.05, 3.63) is 48.8 Å². The Morgan fingerprint density at radius 1 is 1.32 bits per heavy atom. The minimum absolute atomic E-state index is 0.0481. The van der Waals surface area contributed by atoms with Gasteiger partial charge in [0.15, 0.2) is 11.6 Å². The first kappa shape index (κ1) is 15.0. The molecule has 2 aromatic rings. The van der Waals surface area contributed by atoms with Gasteiger partial charge in [0.25, 0.3) is 0 Å². The monoisotopic (exact) mass is 407 g/mol. The molecule has 0 spiro atoms. The third-order valence-corrected chi connectivity index (χ3v) is 6.07. The quantitative estimate of drug-likeness (QED) is 0.789. The molecule has 2 rings (SSSR count). The molecule has 1 aromatic heterocycles. The fraction of sp³-hybridized carbons (Fsp3) is 0.231. The van der Waals surface area contributed by atoms with E-state index in [1.54, 1.807) is 17.4 Å². The minimum Gasteiger partial charge on any atom is -0.494 e. The molecule has 102 valence electrons. The number of benzene rings is 1. The lowest BCUT2D eigenvalue weighted by Gasteiger charge is -2.15. The summed E-state index contributed by atoms with van der Waals surface area (Å²) in [6, 6.07) is 6.99. The van der Waals surface area contributed by atoms with Crippen LogP contribution in [-0.4, -0.2) is 14.2 Å². The van der Waals surface area contributed by atoms with Crippen molar-refractivity contribution >= 4 is 43.2 Å². The normalized spacial score (nSPS) is 12.5. The van der Waals surface area contributed by atoms with Crippen LogP contribution in [0.5, 0.6) is 5.75 Å². The second-order valence-corrected chi connectivity index (χ2v) is 7.14. The van der Waals surface area contributed by atoms with Gasteiger partial charge in [-0.1, -0.05) is 6.07 Å². The van der Waals surface area contributed by atoms with Crippen LogP contribution in [0.15, 0.2) is 32.5 Å². The molecule has 1 heterocycles. The molecule has 0 aliphatic rings. The van der Waals surface area contributed by atoms with Crippen LogP contribution in [0.3, 0.4) is 0 Å². The van der Waals surface area contributed by atoms with Gasteiger partial charge in [-0.15, -0.1) is 11.3 Å². The van der Waals surface area contributed by atoms with Gasteiger partial charge in [0.2, 0.25) is 0 Å². The molecule has 0 fully saturated rings. The van der Waals surface area contributed by atoms with Crippen LogP contribution < -0.4 is 10.1 Å². The van der Waals surface area contributed by atoms with Crippen molar-refractivity contribution in [3.8, 4) is 5.75 Å². The molecule has 0 amide bonds. The number of halogens is 3. The van der Waals surface area contributed by atoms with Gasteiger partial charge in [-0.2, -0.15) is 0 Å². The third-order valence-electron chi connectivity index (χ3n) is 2.75. The summed E-state index contributed by atoms with van der Waals surface area (Å²) in [5.74, 6) is -0.0953. The SMILES string of the molecule is CNC(c1ccc(OC)c(F)c1)c1cc(Br)c(Br)s1. The van der Waals surface area contributed by atoms with Crippen LogP contribution >= 0.6 is 43.2 Å². The Morgan fingerprint density at radius 3 is 2.53 bits per heavy atom. The zero-order valence-electron chi connectivity index (χ0n) is 10.3. The van der Waals surface area contributed by atoms with E-state index < -0.39 is 0 Å². The summed E-state index contributed by atoms with van der Waals surface area (Å²) in [5.41, 5.74) is 0.863. The molecule has 2 nitrogen and oxygen atoms in total. The van der Waals surface area contributed by atoms with E-state index in [1.165, 1.54) is 13.2 Å². The van der Waals surface area contributed by atoms with Gasteiger partial charge in [-0.05, 0) is 62.7 Å². The van der Waals surface area contributed by atoms with E-state index in [2.05, 4.69) is 37.2 Å². The number of ether oxygens (including phenoxy) is 1. The number of rotatable bonds is 4. The van der Waals surface area contributed by atoms with Crippen molar-refractivity contribution in [3.63, 3.8) is 0 Å². The van der Waals surface area contributed by atoms with Gasteiger partial charge in [0.05, 0.1) is 16.9 Å². The number of nitrogens with one attached hydrogen (secondary N) is 1. The van der Waals surface area contributed by atoms with E-state index in [-0.39, 0.29) is 17.6 Å². The van der Waals surface area contributed by atoms with Crippen molar-refractivity contribution in [2.75, 3.05) is 14.2 Å². The maximum Gasteiger partial charge on any atom is 0.165 e. The molecule has 0 aliphatic carbocycles. The molecule has 6 heteroatoms. The Labute approximate surface area is 132 Å². The fourth-order valence-corrected chi connectivity index (χ4v) is 4.07. The van der Waals surface area contributed by atoms with Crippen molar-refractivity contribution in [1.29, 1.82) is 0 Å². The predicted molar refractivity (Wildman–Crippen MR) is 83.6 cm³/mol. The molecule has 0 saturated carbocycles. The highest BCUT2D eigenvalue weighted by atomic mass is 79.9. The Balaban J connectivity index is 2.39. The van der Waals surface area contributed by atoms with Crippen molar-refractivity contribution in [1.82, 2.24) is 5.32 Å². The Kier molecular flexibility index (Phi) is 5.00. The van der Waals surface area contributed by atoms with Gasteiger partial charge in [-0.3, -0.25) is 0 Å². The largest absolute Gasteiger partial charge is 0.494 e. The van der Waals surface area contributed by atoms with Gasteiger partial charge in [0.1, 0.15) is 0 Å². The molecule has 0 aliphatic heterocycles. The van der Waals surface area contributed by atoms with Crippen molar-refractivity contribution in [2.24, 2.45) is 0 Å². The summed E-state index contributed by atoms with van der Waals surface area (Å²) in [5, 5.41) is 3.20. The number of thiophene rings is 1. The lowest BCUT2D eigenvalue weighted by Crippen LogP contribution is -2.16. The number of hydrogen-bond donors (Lipinski definition) is 1. The van der Waals surface area contributed by atoms with Crippen LogP contribution in [0.4, 0.5) is 4.39 Å². The Hall–Kier alpha value is -0.430. The van der Waals surface area contributed by atoms with E-state index >= 15 is 0 Å². The lowest BCUT2D eigenvalue weighted by molar-refractivity contribution is 0.386. The van der Waals surface area contributed by atoms with E-state index in [0.29, 0.717) is 0 Å². The zero-order valence-corrected chi connectivity index (χ0v) is 14.3. The molecule has 1 atom stereocenters. The fourth-order valence-electron chi connectivity index (χ4n) is 1.84. The van der Waals surface area contributed by atoms with Crippen LogP contribution in [0.25, 0.3) is 0 Å². The number of hydrogen-bond acceptors (Lipinski definition) is 3. The van der Waals surface area contributed by atoms with E-state index in [9.17, 15) is 4.39 Å². The first-order chi connectivity index (χ1) is 9.06. The molecule has 0 radical (unpaired) electrons. The molecule has 0 saturated heterocycles. The molecule has 1 N–H and O–H groups in total. The highest BCUT2D eigenvalue weighted by Gasteiger charge is 2.17. The Bertz CT molecular complexity index is 569. The predicted octanol–water partition coefficient (Wildman–Crippen LogP) is 4.73. The summed E-state index contributed by atoms with van der Waals surface area (Å²) in [6.07, 6.45) is 0. The van der Waals surface area contributed by atoms with E-state index in [4.69, 9.17) is 4.74 Å². The maximum atomic E-state index is 13.8. The third kappa shape index (κ3) is 3.18. The molecular weight excluding hydrogens is 397 g/mol. The molecule has 1 unspecified atom stereocenters. The highest BCUT2D eigenvalue weighted by molar-refractivity contribution is 9.13. The van der Waals surface area contributed by atoms with Gasteiger partial charge in [-0.25, -0.2) is 4.39 Å². The summed E-state index contributed by atoms with van der Waals surface area (Å²) < 4.78 is 20.7. The first-order valence-electron chi connectivity index (χ1n) is 5.52. The average Bonchev–Trinajstić information content (AvgIpc) is 2.70. The summed E-state index contributed by atoms with van der Waals surface area (Å²) in [6.45, 7) is 0. The van der Waals surface area contributed by atoms with Crippen LogP contribution in [0.1, 0.15) is 16.5 Å². The Morgan fingerprint density at radius 2 is 2.05 bits per heavy atom. The average molecular weight is 409 g/mol. The van der Waals surface area contributed by atoms with E-state index in [0.717, 1.165) is 18.7 Å². The smallest absolute Gasteiger partial charge is 0.165 e. The van der Waals surface area contributed by atoms with Gasteiger partial charge in [0, 0.05) is 9.35 Å². The lowest BCUT2D eigenvalue weighted by atomic mass is 10.1. The minimum atomic E-state index is -0.352. The van der Waals surface area contributed by atoms with E-state index in [1.807, 2.05) is 19.2 Å². The molecule has 1 aromatic carbocycles. The summed E-state index contributed by atoms with van der Waals surface area (Å²) in [4.78, 5) is 1.10. The van der Waals surface area contributed by atoms with Crippen LogP contribution in [0.2, 0.25) is 0 Å². The highest BCUT2D eigenvalue weighted by Crippen LogP contribution is 2.38. The maximum absolute atomic E-state index is 13.8. The van der Waals surface area contributed by atoms with Crippen LogP contribution in [0, 0.1) is 5.82 Å². The molecular formula is C13H12Br2FNOS. The summed E-state index contributed by atoms with van der Waals surface area (Å²) >= 11 is 8.55.